The van der Waals surface area contributed by atoms with Crippen molar-refractivity contribution in [3.05, 3.63) is 5.40 Å². The van der Waals surface area contributed by atoms with E-state index in [1.54, 1.807) is 0 Å². The molecule has 0 saturated heterocycles. The Labute approximate surface area is 93.9 Å². The van der Waals surface area contributed by atoms with E-state index in [-0.39, 0.29) is 32.7 Å². The molecule has 7 nitrogen and oxygen atoms in total. The van der Waals surface area contributed by atoms with E-state index < -0.39 is 27.1 Å². The third kappa shape index (κ3) is 5.17. The first-order chi connectivity index (χ1) is 4.69. The molecule has 0 unspecified atom stereocenters. The van der Waals surface area contributed by atoms with Gasteiger partial charge in [0.1, 0.15) is 0 Å². The van der Waals surface area contributed by atoms with Crippen LogP contribution in [0.15, 0.2) is 0 Å². The van der Waals surface area contributed by atoms with Gasteiger partial charge in [-0.1, -0.05) is 5.40 Å². The summed E-state index contributed by atoms with van der Waals surface area (Å²) >= 11 is 0. The zero-order valence-electron chi connectivity index (χ0n) is 5.86. The Bertz CT molecular complexity index is 198. The van der Waals surface area contributed by atoms with Gasteiger partial charge in [0.05, 0.1) is 0 Å². The van der Waals surface area contributed by atoms with Crippen molar-refractivity contribution >= 4 is 15.2 Å². The average molecular weight is 293 g/mol. The van der Waals surface area contributed by atoms with Crippen LogP contribution in [-0.4, -0.2) is 26.1 Å². The largest absolute Gasteiger partial charge is 0.358 e. The molecule has 0 saturated carbocycles. The third-order valence-corrected chi connectivity index (χ3v) is 4.13. The van der Waals surface area contributed by atoms with E-state index in [2.05, 4.69) is 0 Å². The maximum atomic E-state index is 10.3. The van der Waals surface area contributed by atoms with Gasteiger partial charge >= 0.3 is 0 Å². The van der Waals surface area contributed by atoms with E-state index >= 15 is 0 Å². The molecule has 0 rings (SSSR count). The first-order valence-electron chi connectivity index (χ1n) is 2.37. The Morgan fingerprint density at radius 1 is 1.08 bits per heavy atom. The number of nitrogens with two attached hydrogens (primary N) is 1. The van der Waals surface area contributed by atoms with Crippen LogP contribution in [0, 0.1) is 5.40 Å². The maximum absolute atomic E-state index is 10.3. The smallest absolute Gasteiger partial charge is 0.197 e. The van der Waals surface area contributed by atoms with Gasteiger partial charge < -0.3 is 25.3 Å². The molecule has 71 valence electrons. The molecule has 0 aromatic rings. The fourth-order valence-corrected chi connectivity index (χ4v) is 2.24. The summed E-state index contributed by atoms with van der Waals surface area (Å²) in [6.45, 7) is -0.825. The minimum absolute atomic E-state index is 0. The number of hydrogen-bond acceptors (Lipinski definition) is 3. The van der Waals surface area contributed by atoms with Crippen molar-refractivity contribution in [2.75, 3.05) is 6.54 Å². The van der Waals surface area contributed by atoms with Crippen LogP contribution in [0.25, 0.3) is 0 Å². The van der Waals surface area contributed by atoms with E-state index in [1.807, 2.05) is 0 Å². The normalized spacial score (nSPS) is 12.8. The van der Waals surface area contributed by atoms with Gasteiger partial charge in [0.2, 0.25) is 0 Å². The number of rotatable bonds is 3. The van der Waals surface area contributed by atoms with Crippen LogP contribution in [0.1, 0.15) is 0 Å². The fraction of sp³-hybridized carbons (Fsp3) is 0.500. The molecule has 0 heterocycles. The molecule has 0 amide bonds. The van der Waals surface area contributed by atoms with Gasteiger partial charge in [0.15, 0.2) is 15.2 Å². The standard InChI is InChI=1S/C2H8NO6P2.Y/c3-1-2(10(4,5)6)11(7,8)9;/h1,3H2,(H2,4,5,6)(H2,7,8,9);/q-1;. The molecule has 12 heavy (non-hydrogen) atoms. The molecule has 0 aromatic heterocycles. The van der Waals surface area contributed by atoms with Crippen molar-refractivity contribution in [3.63, 3.8) is 0 Å². The van der Waals surface area contributed by atoms with Crippen LogP contribution in [0.4, 0.5) is 0 Å². The summed E-state index contributed by atoms with van der Waals surface area (Å²) < 4.78 is 20.6. The minimum Gasteiger partial charge on any atom is -0.358 e. The summed E-state index contributed by atoms with van der Waals surface area (Å²) in [4.78, 5) is 33.3. The van der Waals surface area contributed by atoms with Crippen molar-refractivity contribution in [1.82, 2.24) is 0 Å². The SMILES string of the molecule is NC[C-](P(=O)(O)O)P(=O)(O)O.[Y]. The van der Waals surface area contributed by atoms with Crippen LogP contribution in [0.3, 0.4) is 0 Å². The second-order valence-corrected chi connectivity index (χ2v) is 5.32. The van der Waals surface area contributed by atoms with E-state index in [0.29, 0.717) is 0 Å². The van der Waals surface area contributed by atoms with E-state index in [4.69, 9.17) is 25.3 Å². The van der Waals surface area contributed by atoms with E-state index in [9.17, 15) is 9.13 Å². The molecule has 0 atom stereocenters. The zero-order chi connectivity index (χ0) is 9.28. The summed E-state index contributed by atoms with van der Waals surface area (Å²) in [7, 11) is -9.74. The molecule has 0 bridgehead atoms. The quantitative estimate of drug-likeness (QED) is 0.324. The van der Waals surface area contributed by atoms with Crippen molar-refractivity contribution in [1.29, 1.82) is 0 Å². The van der Waals surface area contributed by atoms with Crippen LogP contribution < -0.4 is 5.73 Å². The minimum atomic E-state index is -4.87. The topological polar surface area (TPSA) is 141 Å². The summed E-state index contributed by atoms with van der Waals surface area (Å²) in [5, 5.41) is -1.23. The van der Waals surface area contributed by atoms with E-state index in [0.717, 1.165) is 0 Å². The second kappa shape index (κ2) is 5.30. The van der Waals surface area contributed by atoms with Crippen molar-refractivity contribution in [2.45, 2.75) is 0 Å². The molecule has 0 aromatic carbocycles. The van der Waals surface area contributed by atoms with Gasteiger partial charge in [-0.05, 0) is 0 Å². The van der Waals surface area contributed by atoms with Gasteiger partial charge in [-0.3, -0.25) is 9.13 Å². The van der Waals surface area contributed by atoms with Crippen LogP contribution >= 0.6 is 15.2 Å². The van der Waals surface area contributed by atoms with Crippen LogP contribution in [0.2, 0.25) is 0 Å². The van der Waals surface area contributed by atoms with Gasteiger partial charge in [0.25, 0.3) is 0 Å². The predicted octanol–water partition coefficient (Wildman–Crippen LogP) is -1.21. The Balaban J connectivity index is 0. The van der Waals surface area contributed by atoms with Crippen molar-refractivity contribution in [3.8, 4) is 0 Å². The molecule has 0 aliphatic heterocycles. The molecule has 0 spiro atoms. The zero-order valence-corrected chi connectivity index (χ0v) is 10.5. The predicted molar refractivity (Wildman–Crippen MR) is 36.4 cm³/mol. The first-order valence-corrected chi connectivity index (χ1v) is 5.60. The van der Waals surface area contributed by atoms with E-state index in [1.165, 1.54) is 0 Å². The van der Waals surface area contributed by atoms with Gasteiger partial charge in [-0.2, -0.15) is 0 Å². The van der Waals surface area contributed by atoms with Gasteiger partial charge in [0, 0.05) is 32.7 Å². The fourth-order valence-electron chi connectivity index (χ4n) is 0.408. The maximum Gasteiger partial charge on any atom is 0.197 e. The van der Waals surface area contributed by atoms with Gasteiger partial charge in [-0.25, -0.2) is 0 Å². The monoisotopic (exact) mass is 293 g/mol. The molecule has 1 radical (unpaired) electrons. The summed E-state index contributed by atoms with van der Waals surface area (Å²) in [5.41, 5.74) is 4.72. The Kier molecular flexibility index (Phi) is 6.98. The third-order valence-electron chi connectivity index (χ3n) is 0.855. The Hall–Kier alpha value is 1.36. The Morgan fingerprint density at radius 2 is 1.33 bits per heavy atom. The molecule has 0 aliphatic carbocycles. The molecular formula is C2H8NO6P2Y-. The molecule has 6 N–H and O–H groups in total. The van der Waals surface area contributed by atoms with Crippen LogP contribution in [-0.2, 0) is 41.8 Å². The first kappa shape index (κ1) is 15.8. The molecule has 0 aliphatic rings. The van der Waals surface area contributed by atoms with Crippen molar-refractivity contribution < 1.29 is 61.4 Å². The molecule has 10 heteroatoms. The van der Waals surface area contributed by atoms with Crippen LogP contribution in [0.5, 0.6) is 0 Å². The summed E-state index contributed by atoms with van der Waals surface area (Å²) in [6.07, 6.45) is 0. The second-order valence-electron chi connectivity index (χ2n) is 1.71. The summed E-state index contributed by atoms with van der Waals surface area (Å²) in [5.74, 6) is 0. The van der Waals surface area contributed by atoms with Gasteiger partial charge in [-0.15, -0.1) is 6.54 Å². The Morgan fingerprint density at radius 3 is 1.33 bits per heavy atom. The molecule has 0 fully saturated rings. The average Bonchev–Trinajstić information content (AvgIpc) is 1.56. The summed E-state index contributed by atoms with van der Waals surface area (Å²) in [6, 6.07) is 0. The van der Waals surface area contributed by atoms with Crippen molar-refractivity contribution in [2.24, 2.45) is 5.73 Å². The number of hydrogen-bond donors (Lipinski definition) is 5. The molecular weight excluding hydrogens is 285 g/mol.